The minimum Gasteiger partial charge on any atom is -0.493 e. The van der Waals surface area contributed by atoms with Crippen molar-refractivity contribution in [3.8, 4) is 17.2 Å². The van der Waals surface area contributed by atoms with Gasteiger partial charge in [0.15, 0.2) is 17.3 Å². The maximum atomic E-state index is 12.4. The van der Waals surface area contributed by atoms with Crippen LogP contribution in [0.1, 0.15) is 10.4 Å². The summed E-state index contributed by atoms with van der Waals surface area (Å²) in [7, 11) is 4.57. The summed E-state index contributed by atoms with van der Waals surface area (Å²) in [6.45, 7) is 0. The van der Waals surface area contributed by atoms with Crippen molar-refractivity contribution in [2.75, 3.05) is 27.1 Å². The first-order valence-corrected chi connectivity index (χ1v) is 8.17. The van der Waals surface area contributed by atoms with Gasteiger partial charge in [-0.15, -0.1) is 11.8 Å². The Hall–Kier alpha value is -1.85. The SMILES string of the molecule is COc1cc(C(=O)CSc2ccc(Cl)cc2)cc(OC)c1OC. The molecule has 0 unspecified atom stereocenters. The molecule has 4 nitrogen and oxygen atoms in total. The molecule has 6 heteroatoms. The van der Waals surface area contributed by atoms with Gasteiger partial charge < -0.3 is 14.2 Å². The Labute approximate surface area is 144 Å². The minimum atomic E-state index is -0.0239. The van der Waals surface area contributed by atoms with Crippen molar-refractivity contribution in [1.82, 2.24) is 0 Å². The van der Waals surface area contributed by atoms with Crippen molar-refractivity contribution in [3.63, 3.8) is 0 Å². The second kappa shape index (κ2) is 8.13. The minimum absolute atomic E-state index is 0.0239. The number of hydrogen-bond donors (Lipinski definition) is 0. The molecule has 23 heavy (non-hydrogen) atoms. The quantitative estimate of drug-likeness (QED) is 0.548. The average Bonchev–Trinajstić information content (AvgIpc) is 2.59. The van der Waals surface area contributed by atoms with Crippen LogP contribution in [-0.4, -0.2) is 32.9 Å². The van der Waals surface area contributed by atoms with E-state index in [1.165, 1.54) is 33.1 Å². The topological polar surface area (TPSA) is 44.8 Å². The van der Waals surface area contributed by atoms with Crippen LogP contribution >= 0.6 is 23.4 Å². The Bertz CT molecular complexity index is 660. The Morgan fingerprint density at radius 2 is 1.57 bits per heavy atom. The molecular weight excluding hydrogens is 336 g/mol. The lowest BCUT2D eigenvalue weighted by Crippen LogP contribution is -2.05. The van der Waals surface area contributed by atoms with E-state index in [9.17, 15) is 4.79 Å². The van der Waals surface area contributed by atoms with Gasteiger partial charge in [-0.05, 0) is 36.4 Å². The number of methoxy groups -OCH3 is 3. The third-order valence-electron chi connectivity index (χ3n) is 3.17. The second-order valence-corrected chi connectivity index (χ2v) is 6.06. The Kier molecular flexibility index (Phi) is 6.19. The van der Waals surface area contributed by atoms with E-state index >= 15 is 0 Å². The number of rotatable bonds is 7. The van der Waals surface area contributed by atoms with E-state index in [4.69, 9.17) is 25.8 Å². The number of ketones is 1. The number of Topliss-reactive ketones (excluding diaryl/α,β-unsaturated/α-hetero) is 1. The highest BCUT2D eigenvalue weighted by atomic mass is 35.5. The van der Waals surface area contributed by atoms with Gasteiger partial charge in [0.1, 0.15) is 0 Å². The summed E-state index contributed by atoms with van der Waals surface area (Å²) in [5, 5.41) is 0.672. The summed E-state index contributed by atoms with van der Waals surface area (Å²) in [6.07, 6.45) is 0. The van der Waals surface area contributed by atoms with E-state index in [0.717, 1.165) is 4.90 Å². The van der Waals surface area contributed by atoms with E-state index in [1.807, 2.05) is 12.1 Å². The maximum absolute atomic E-state index is 12.4. The monoisotopic (exact) mass is 352 g/mol. The van der Waals surface area contributed by atoms with Crippen LogP contribution < -0.4 is 14.2 Å². The highest BCUT2D eigenvalue weighted by Gasteiger charge is 2.17. The highest BCUT2D eigenvalue weighted by molar-refractivity contribution is 8.00. The van der Waals surface area contributed by atoms with Gasteiger partial charge in [-0.1, -0.05) is 11.6 Å². The predicted octanol–water partition coefficient (Wildman–Crippen LogP) is 4.34. The van der Waals surface area contributed by atoms with Crippen LogP contribution in [0.5, 0.6) is 17.2 Å². The van der Waals surface area contributed by atoms with Gasteiger partial charge in [-0.25, -0.2) is 0 Å². The number of halogens is 1. The molecule has 0 N–H and O–H groups in total. The van der Waals surface area contributed by atoms with Gasteiger partial charge in [0.25, 0.3) is 0 Å². The lowest BCUT2D eigenvalue weighted by atomic mass is 10.1. The van der Waals surface area contributed by atoms with E-state index in [-0.39, 0.29) is 5.78 Å². The highest BCUT2D eigenvalue weighted by Crippen LogP contribution is 2.38. The molecule has 0 aliphatic carbocycles. The number of thioether (sulfide) groups is 1. The summed E-state index contributed by atoms with van der Waals surface area (Å²) in [5.74, 6) is 1.68. The fraction of sp³-hybridized carbons (Fsp3) is 0.235. The third-order valence-corrected chi connectivity index (χ3v) is 4.43. The molecule has 0 radical (unpaired) electrons. The van der Waals surface area contributed by atoms with Crippen LogP contribution in [0.2, 0.25) is 5.02 Å². The molecule has 0 amide bonds. The van der Waals surface area contributed by atoms with Crippen LogP contribution in [0.15, 0.2) is 41.3 Å². The molecule has 0 aliphatic heterocycles. The first kappa shape index (κ1) is 17.5. The van der Waals surface area contributed by atoms with Crippen molar-refractivity contribution in [2.45, 2.75) is 4.90 Å². The number of carbonyl (C=O) groups is 1. The molecule has 2 aromatic rings. The first-order chi connectivity index (χ1) is 11.1. The van der Waals surface area contributed by atoms with Crippen molar-refractivity contribution >= 4 is 29.1 Å². The molecule has 0 saturated carbocycles. The molecule has 0 aliphatic rings. The van der Waals surface area contributed by atoms with Crippen LogP contribution in [0, 0.1) is 0 Å². The molecule has 0 heterocycles. The first-order valence-electron chi connectivity index (χ1n) is 6.80. The summed E-state index contributed by atoms with van der Waals surface area (Å²) < 4.78 is 15.8. The van der Waals surface area contributed by atoms with Crippen molar-refractivity contribution in [2.24, 2.45) is 0 Å². The predicted molar refractivity (Wildman–Crippen MR) is 92.6 cm³/mol. The van der Waals surface area contributed by atoms with E-state index in [0.29, 0.717) is 33.6 Å². The Balaban J connectivity index is 2.16. The molecule has 0 bridgehead atoms. The van der Waals surface area contributed by atoms with Crippen molar-refractivity contribution in [1.29, 1.82) is 0 Å². The van der Waals surface area contributed by atoms with Gasteiger partial charge >= 0.3 is 0 Å². The largest absolute Gasteiger partial charge is 0.493 e. The lowest BCUT2D eigenvalue weighted by molar-refractivity contribution is 0.102. The van der Waals surface area contributed by atoms with Gasteiger partial charge in [-0.2, -0.15) is 0 Å². The normalized spacial score (nSPS) is 10.3. The average molecular weight is 353 g/mol. The smallest absolute Gasteiger partial charge is 0.203 e. The molecular formula is C17H17ClO4S. The van der Waals surface area contributed by atoms with Crippen LogP contribution in [0.25, 0.3) is 0 Å². The van der Waals surface area contributed by atoms with E-state index in [2.05, 4.69) is 0 Å². The standard InChI is InChI=1S/C17H17ClO4S/c1-20-15-8-11(9-16(21-2)17(15)22-3)14(19)10-23-13-6-4-12(18)5-7-13/h4-9H,10H2,1-3H3. The molecule has 0 spiro atoms. The van der Waals surface area contributed by atoms with E-state index < -0.39 is 0 Å². The fourth-order valence-corrected chi connectivity index (χ4v) is 2.92. The third kappa shape index (κ3) is 4.33. The Morgan fingerprint density at radius 1 is 1.00 bits per heavy atom. The summed E-state index contributed by atoms with van der Waals surface area (Å²) in [5.41, 5.74) is 0.515. The number of hydrogen-bond acceptors (Lipinski definition) is 5. The zero-order valence-corrected chi connectivity index (χ0v) is 14.7. The van der Waals surface area contributed by atoms with Crippen molar-refractivity contribution in [3.05, 3.63) is 47.0 Å². The molecule has 0 fully saturated rings. The van der Waals surface area contributed by atoms with Gasteiger partial charge in [0.2, 0.25) is 5.75 Å². The van der Waals surface area contributed by atoms with Crippen LogP contribution in [-0.2, 0) is 0 Å². The molecule has 0 saturated heterocycles. The number of carbonyl (C=O) groups excluding carboxylic acids is 1. The fourth-order valence-electron chi connectivity index (χ4n) is 2.01. The zero-order chi connectivity index (χ0) is 16.8. The number of benzene rings is 2. The zero-order valence-electron chi connectivity index (χ0n) is 13.1. The van der Waals surface area contributed by atoms with Gasteiger partial charge in [-0.3, -0.25) is 4.79 Å². The molecule has 2 aromatic carbocycles. The van der Waals surface area contributed by atoms with Crippen molar-refractivity contribution < 1.29 is 19.0 Å². The molecule has 0 atom stereocenters. The van der Waals surface area contributed by atoms with Gasteiger partial charge in [0.05, 0.1) is 27.1 Å². The van der Waals surface area contributed by atoms with Crippen LogP contribution in [0.4, 0.5) is 0 Å². The summed E-state index contributed by atoms with van der Waals surface area (Å²) in [4.78, 5) is 13.4. The summed E-state index contributed by atoms with van der Waals surface area (Å²) >= 11 is 7.30. The molecule has 0 aromatic heterocycles. The summed E-state index contributed by atoms with van der Waals surface area (Å²) in [6, 6.07) is 10.7. The lowest BCUT2D eigenvalue weighted by Gasteiger charge is -2.13. The van der Waals surface area contributed by atoms with E-state index in [1.54, 1.807) is 24.3 Å². The maximum Gasteiger partial charge on any atom is 0.203 e. The molecule has 2 rings (SSSR count). The van der Waals surface area contributed by atoms with Crippen LogP contribution in [0.3, 0.4) is 0 Å². The second-order valence-electron chi connectivity index (χ2n) is 4.58. The van der Waals surface area contributed by atoms with Gasteiger partial charge in [0, 0.05) is 15.5 Å². The number of ether oxygens (including phenoxy) is 3. The Morgan fingerprint density at radius 3 is 2.04 bits per heavy atom. The molecule has 122 valence electrons.